The molecule has 1 saturated heterocycles. The fraction of sp³-hybridized carbons (Fsp3) is 0.500. The molecule has 7 nitrogen and oxygen atoms in total. The molecule has 0 amide bonds. The van der Waals surface area contributed by atoms with E-state index in [-0.39, 0.29) is 6.04 Å². The number of hydrogen-bond acceptors (Lipinski definition) is 7. The number of rotatable bonds is 4. The van der Waals surface area contributed by atoms with Gasteiger partial charge in [-0.15, -0.1) is 4.99 Å². The first-order valence-electron chi connectivity index (χ1n) is 9.26. The molecule has 0 bridgehead atoms. The molecule has 2 heterocycles. The van der Waals surface area contributed by atoms with E-state index in [2.05, 4.69) is 11.1 Å². The van der Waals surface area contributed by atoms with Crippen molar-refractivity contribution in [2.24, 2.45) is 4.99 Å². The second kappa shape index (κ2) is 8.12. The van der Waals surface area contributed by atoms with Crippen LogP contribution in [0.25, 0.3) is 0 Å². The lowest BCUT2D eigenvalue weighted by Crippen LogP contribution is -2.58. The number of benzene rings is 1. The topological polar surface area (TPSA) is 98.7 Å². The lowest BCUT2D eigenvalue weighted by molar-refractivity contribution is -0.172. The van der Waals surface area contributed by atoms with Crippen molar-refractivity contribution in [1.82, 2.24) is 4.90 Å². The molecule has 2 aliphatic rings. The summed E-state index contributed by atoms with van der Waals surface area (Å²) in [7, 11) is 0. The number of ether oxygens (including phenoxy) is 2. The average Bonchev–Trinajstić information content (AvgIpc) is 3.14. The van der Waals surface area contributed by atoms with Crippen LogP contribution in [0.1, 0.15) is 50.8 Å². The van der Waals surface area contributed by atoms with Gasteiger partial charge in [-0.3, -0.25) is 4.79 Å². The Morgan fingerprint density at radius 3 is 2.79 bits per heavy atom. The maximum absolute atomic E-state index is 12.0. The minimum absolute atomic E-state index is 0.386. The molecule has 3 rings (SSSR count). The molecule has 0 unspecified atom stereocenters. The molecule has 1 aromatic rings. The molecule has 2 aliphatic heterocycles. The van der Waals surface area contributed by atoms with Gasteiger partial charge in [0.1, 0.15) is 17.4 Å². The third kappa shape index (κ3) is 3.41. The summed E-state index contributed by atoms with van der Waals surface area (Å²) in [6.07, 6.45) is 2.55. The van der Waals surface area contributed by atoms with Crippen LogP contribution in [-0.2, 0) is 9.53 Å². The summed E-state index contributed by atoms with van der Waals surface area (Å²) in [5, 5.41) is 19.1. The molecule has 0 aromatic heterocycles. The quantitative estimate of drug-likeness (QED) is 0.566. The average molecular weight is 398 g/mol. The summed E-state index contributed by atoms with van der Waals surface area (Å²) >= 11 is 1.50. The molecule has 0 N–H and O–H groups in total. The van der Waals surface area contributed by atoms with Gasteiger partial charge in [0.05, 0.1) is 11.6 Å². The Hall–Kier alpha value is -2.71. The van der Waals surface area contributed by atoms with Crippen molar-refractivity contribution in [2.75, 3.05) is 12.3 Å². The summed E-state index contributed by atoms with van der Waals surface area (Å²) in [5.74, 6) is 1.06. The van der Waals surface area contributed by atoms with E-state index in [0.29, 0.717) is 35.9 Å². The lowest BCUT2D eigenvalue weighted by Gasteiger charge is -2.49. The summed E-state index contributed by atoms with van der Waals surface area (Å²) < 4.78 is 12.2. The van der Waals surface area contributed by atoms with Gasteiger partial charge in [-0.05, 0) is 31.0 Å². The molecule has 2 atom stereocenters. The number of fused-ring (bicyclic) bond motifs is 1. The second-order valence-electron chi connectivity index (χ2n) is 6.75. The highest BCUT2D eigenvalue weighted by Crippen LogP contribution is 2.48. The summed E-state index contributed by atoms with van der Waals surface area (Å²) in [4.78, 5) is 18.0. The first-order valence-corrected chi connectivity index (χ1v) is 10.2. The Kier molecular flexibility index (Phi) is 5.81. The largest absolute Gasteiger partial charge is 0.483 e. The van der Waals surface area contributed by atoms with Crippen LogP contribution in [0.5, 0.6) is 5.75 Å². The molecule has 146 valence electrons. The van der Waals surface area contributed by atoms with Crippen LogP contribution < -0.4 is 4.74 Å². The van der Waals surface area contributed by atoms with Gasteiger partial charge in [-0.2, -0.15) is 10.5 Å². The third-order valence-corrected chi connectivity index (χ3v) is 6.33. The standard InChI is InChI=1S/C20H22N4O3S/c1-4-20(5-2)18(26-13(3)25)17(24-8-9-28-19(24)23-12-22)15-10-14(11-21)6-7-16(15)27-20/h6-7,10,17-18H,4-5,8-9H2,1-3H3/t17-,18+/m0/s1. The molecular weight excluding hydrogens is 376 g/mol. The lowest BCUT2D eigenvalue weighted by atomic mass is 9.79. The van der Waals surface area contributed by atoms with Crippen molar-refractivity contribution in [3.05, 3.63) is 29.3 Å². The SMILES string of the molecule is CCC1(CC)Oc2ccc(C#N)cc2[C@H](N2CCSC2=NC#N)[C@H]1OC(C)=O. The van der Waals surface area contributed by atoms with Crippen LogP contribution >= 0.6 is 11.8 Å². The highest BCUT2D eigenvalue weighted by molar-refractivity contribution is 8.14. The predicted molar refractivity (Wildman–Crippen MR) is 106 cm³/mol. The molecule has 1 aromatic carbocycles. The third-order valence-electron chi connectivity index (χ3n) is 5.36. The molecule has 0 spiro atoms. The summed E-state index contributed by atoms with van der Waals surface area (Å²) in [6, 6.07) is 7.07. The Bertz CT molecular complexity index is 882. The van der Waals surface area contributed by atoms with Gasteiger partial charge >= 0.3 is 5.97 Å². The maximum Gasteiger partial charge on any atom is 0.303 e. The van der Waals surface area contributed by atoms with Crippen molar-refractivity contribution in [2.45, 2.75) is 51.4 Å². The summed E-state index contributed by atoms with van der Waals surface area (Å²) in [5.41, 5.74) is 0.568. The zero-order valence-corrected chi connectivity index (χ0v) is 17.0. The van der Waals surface area contributed by atoms with E-state index in [9.17, 15) is 10.1 Å². The van der Waals surface area contributed by atoms with E-state index < -0.39 is 17.7 Å². The highest BCUT2D eigenvalue weighted by Gasteiger charge is 2.53. The minimum Gasteiger partial charge on any atom is -0.483 e. The van der Waals surface area contributed by atoms with Gasteiger partial charge in [-0.25, -0.2) is 0 Å². The van der Waals surface area contributed by atoms with Crippen LogP contribution in [-0.4, -0.2) is 40.0 Å². The zero-order valence-electron chi connectivity index (χ0n) is 16.1. The molecule has 0 saturated carbocycles. The molecule has 1 fully saturated rings. The highest BCUT2D eigenvalue weighted by atomic mass is 32.2. The van der Waals surface area contributed by atoms with E-state index in [1.54, 1.807) is 18.2 Å². The van der Waals surface area contributed by atoms with E-state index in [4.69, 9.17) is 14.7 Å². The van der Waals surface area contributed by atoms with Crippen LogP contribution in [0.15, 0.2) is 23.2 Å². The van der Waals surface area contributed by atoms with E-state index in [1.807, 2.05) is 24.9 Å². The molecule has 0 aliphatic carbocycles. The van der Waals surface area contributed by atoms with Crippen LogP contribution in [0.3, 0.4) is 0 Å². The van der Waals surface area contributed by atoms with E-state index >= 15 is 0 Å². The smallest absolute Gasteiger partial charge is 0.303 e. The van der Waals surface area contributed by atoms with Crippen LogP contribution in [0, 0.1) is 22.8 Å². The van der Waals surface area contributed by atoms with Gasteiger partial charge in [0, 0.05) is 24.8 Å². The molecule has 0 radical (unpaired) electrons. The van der Waals surface area contributed by atoms with Crippen molar-refractivity contribution in [1.29, 1.82) is 10.5 Å². The normalized spacial score (nSPS) is 24.0. The number of amidine groups is 1. The Balaban J connectivity index is 2.23. The Labute approximate surface area is 168 Å². The van der Waals surface area contributed by atoms with Crippen LogP contribution in [0.4, 0.5) is 0 Å². The number of carbonyl (C=O) groups excluding carboxylic acids is 1. The minimum atomic E-state index is -0.706. The van der Waals surface area contributed by atoms with E-state index in [0.717, 1.165) is 11.3 Å². The molecule has 8 heteroatoms. The number of hydrogen-bond donors (Lipinski definition) is 0. The predicted octanol–water partition coefficient (Wildman–Crippen LogP) is 3.37. The zero-order chi connectivity index (χ0) is 20.3. The number of nitrogens with zero attached hydrogens (tertiary/aromatic N) is 4. The molecule has 28 heavy (non-hydrogen) atoms. The van der Waals surface area contributed by atoms with Gasteiger partial charge < -0.3 is 14.4 Å². The van der Waals surface area contributed by atoms with Gasteiger partial charge in [0.25, 0.3) is 0 Å². The number of carbonyl (C=O) groups is 1. The number of thioether (sulfide) groups is 1. The molecular formula is C20H22N4O3S. The first-order chi connectivity index (χ1) is 13.5. The van der Waals surface area contributed by atoms with Gasteiger partial charge in [0.15, 0.2) is 11.3 Å². The van der Waals surface area contributed by atoms with Gasteiger partial charge in [-0.1, -0.05) is 25.6 Å². The fourth-order valence-corrected chi connectivity index (χ4v) is 4.91. The summed E-state index contributed by atoms with van der Waals surface area (Å²) in [6.45, 7) is 6.06. The van der Waals surface area contributed by atoms with Crippen molar-refractivity contribution in [3.63, 3.8) is 0 Å². The fourth-order valence-electron chi connectivity index (χ4n) is 3.96. The van der Waals surface area contributed by atoms with Crippen molar-refractivity contribution >= 4 is 22.9 Å². The van der Waals surface area contributed by atoms with Crippen LogP contribution in [0.2, 0.25) is 0 Å². The van der Waals surface area contributed by atoms with Gasteiger partial charge in [0.2, 0.25) is 6.19 Å². The number of nitriles is 2. The number of esters is 1. The monoisotopic (exact) mass is 398 g/mol. The van der Waals surface area contributed by atoms with Crippen molar-refractivity contribution < 1.29 is 14.3 Å². The number of aliphatic imine (C=N–C) groups is 1. The second-order valence-corrected chi connectivity index (χ2v) is 7.81. The van der Waals surface area contributed by atoms with E-state index in [1.165, 1.54) is 18.7 Å². The maximum atomic E-state index is 12.0. The Morgan fingerprint density at radius 1 is 1.43 bits per heavy atom. The van der Waals surface area contributed by atoms with Crippen molar-refractivity contribution in [3.8, 4) is 18.0 Å². The first kappa shape index (κ1) is 20.0. The Morgan fingerprint density at radius 2 is 2.18 bits per heavy atom.